The van der Waals surface area contributed by atoms with Crippen LogP contribution in [0.3, 0.4) is 0 Å². The highest BCUT2D eigenvalue weighted by Gasteiger charge is 2.15. The molecule has 6 nitrogen and oxygen atoms in total. The number of rotatable bonds is 7. The topological polar surface area (TPSA) is 64.9 Å². The van der Waals surface area contributed by atoms with E-state index in [-0.39, 0.29) is 6.04 Å². The third-order valence-corrected chi connectivity index (χ3v) is 3.05. The molecule has 0 radical (unpaired) electrons. The van der Waals surface area contributed by atoms with Crippen molar-refractivity contribution >= 4 is 0 Å². The first-order chi connectivity index (χ1) is 9.76. The Morgan fingerprint density at radius 1 is 1.40 bits per heavy atom. The SMILES string of the molecule is CCCNC(C)c1nnnn1-c1cccc(COC)c1. The molecule has 1 aromatic heterocycles. The fourth-order valence-electron chi connectivity index (χ4n) is 2.04. The second kappa shape index (κ2) is 7.12. The van der Waals surface area contributed by atoms with Gasteiger partial charge in [-0.1, -0.05) is 19.1 Å². The van der Waals surface area contributed by atoms with Crippen molar-refractivity contribution in [3.63, 3.8) is 0 Å². The second-order valence-electron chi connectivity index (χ2n) is 4.73. The number of hydrogen-bond donors (Lipinski definition) is 1. The predicted molar refractivity (Wildman–Crippen MR) is 76.6 cm³/mol. The smallest absolute Gasteiger partial charge is 0.173 e. The van der Waals surface area contributed by atoms with Gasteiger partial charge >= 0.3 is 0 Å². The van der Waals surface area contributed by atoms with Crippen molar-refractivity contribution in [3.05, 3.63) is 35.7 Å². The van der Waals surface area contributed by atoms with Crippen LogP contribution in [0.15, 0.2) is 24.3 Å². The lowest BCUT2D eigenvalue weighted by Gasteiger charge is -2.13. The maximum atomic E-state index is 5.16. The summed E-state index contributed by atoms with van der Waals surface area (Å²) in [7, 11) is 1.69. The first-order valence-electron chi connectivity index (χ1n) is 6.86. The van der Waals surface area contributed by atoms with Crippen molar-refractivity contribution < 1.29 is 4.74 Å². The van der Waals surface area contributed by atoms with Gasteiger partial charge in [0, 0.05) is 7.11 Å². The lowest BCUT2D eigenvalue weighted by molar-refractivity contribution is 0.185. The molecule has 0 spiro atoms. The minimum atomic E-state index is 0.107. The van der Waals surface area contributed by atoms with Crippen LogP contribution in [0.2, 0.25) is 0 Å². The summed E-state index contributed by atoms with van der Waals surface area (Å²) in [4.78, 5) is 0. The van der Waals surface area contributed by atoms with Crippen molar-refractivity contribution in [1.82, 2.24) is 25.5 Å². The minimum Gasteiger partial charge on any atom is -0.380 e. The lowest BCUT2D eigenvalue weighted by Crippen LogP contribution is -2.22. The Kier molecular flexibility index (Phi) is 5.20. The lowest BCUT2D eigenvalue weighted by atomic mass is 10.2. The molecule has 2 rings (SSSR count). The first-order valence-corrected chi connectivity index (χ1v) is 6.86. The highest BCUT2D eigenvalue weighted by Crippen LogP contribution is 2.15. The fraction of sp³-hybridized carbons (Fsp3) is 0.500. The van der Waals surface area contributed by atoms with Crippen LogP contribution in [0, 0.1) is 0 Å². The summed E-state index contributed by atoms with van der Waals surface area (Å²) in [5.41, 5.74) is 2.05. The zero-order valence-electron chi connectivity index (χ0n) is 12.2. The highest BCUT2D eigenvalue weighted by molar-refractivity contribution is 5.35. The number of tetrazole rings is 1. The quantitative estimate of drug-likeness (QED) is 0.835. The Morgan fingerprint density at radius 2 is 2.25 bits per heavy atom. The number of nitrogens with zero attached hydrogens (tertiary/aromatic N) is 4. The van der Waals surface area contributed by atoms with E-state index in [2.05, 4.69) is 34.7 Å². The zero-order valence-corrected chi connectivity index (χ0v) is 12.2. The van der Waals surface area contributed by atoms with E-state index in [1.54, 1.807) is 11.8 Å². The van der Waals surface area contributed by atoms with Gasteiger partial charge in [-0.25, -0.2) is 0 Å². The summed E-state index contributed by atoms with van der Waals surface area (Å²) >= 11 is 0. The van der Waals surface area contributed by atoms with Crippen molar-refractivity contribution in [3.8, 4) is 5.69 Å². The highest BCUT2D eigenvalue weighted by atomic mass is 16.5. The van der Waals surface area contributed by atoms with E-state index in [1.165, 1.54) is 0 Å². The van der Waals surface area contributed by atoms with Crippen molar-refractivity contribution in [2.24, 2.45) is 0 Å². The first kappa shape index (κ1) is 14.6. The molecule has 1 heterocycles. The Morgan fingerprint density at radius 3 is 3.00 bits per heavy atom. The van der Waals surface area contributed by atoms with Crippen LogP contribution in [-0.4, -0.2) is 33.9 Å². The van der Waals surface area contributed by atoms with E-state index >= 15 is 0 Å². The van der Waals surface area contributed by atoms with E-state index in [0.29, 0.717) is 6.61 Å². The third-order valence-electron chi connectivity index (χ3n) is 3.05. The van der Waals surface area contributed by atoms with Crippen molar-refractivity contribution in [1.29, 1.82) is 0 Å². The number of hydrogen-bond acceptors (Lipinski definition) is 5. The van der Waals surface area contributed by atoms with Crippen LogP contribution < -0.4 is 5.32 Å². The van der Waals surface area contributed by atoms with Gasteiger partial charge in [0.2, 0.25) is 0 Å². The van der Waals surface area contributed by atoms with E-state index < -0.39 is 0 Å². The van der Waals surface area contributed by atoms with Crippen LogP contribution >= 0.6 is 0 Å². The Labute approximate surface area is 119 Å². The molecule has 1 unspecified atom stereocenters. The van der Waals surface area contributed by atoms with Gasteiger partial charge in [-0.3, -0.25) is 0 Å². The van der Waals surface area contributed by atoms with Gasteiger partial charge < -0.3 is 10.1 Å². The summed E-state index contributed by atoms with van der Waals surface area (Å²) < 4.78 is 6.93. The summed E-state index contributed by atoms with van der Waals surface area (Å²) in [5, 5.41) is 15.4. The normalized spacial score (nSPS) is 12.6. The molecule has 0 bridgehead atoms. The largest absolute Gasteiger partial charge is 0.380 e. The second-order valence-corrected chi connectivity index (χ2v) is 4.73. The Balaban J connectivity index is 2.24. The van der Waals surface area contributed by atoms with Crippen molar-refractivity contribution in [2.45, 2.75) is 32.9 Å². The van der Waals surface area contributed by atoms with E-state index in [9.17, 15) is 0 Å². The molecular weight excluding hydrogens is 254 g/mol. The van der Waals surface area contributed by atoms with Gasteiger partial charge in [0.05, 0.1) is 18.3 Å². The number of aromatic nitrogens is 4. The molecule has 2 aromatic rings. The number of ether oxygens (including phenoxy) is 1. The summed E-state index contributed by atoms with van der Waals surface area (Å²) in [6.45, 7) is 5.72. The molecular formula is C14H21N5O. The average molecular weight is 275 g/mol. The molecule has 0 aliphatic heterocycles. The van der Waals surface area contributed by atoms with Gasteiger partial charge in [-0.05, 0) is 48.0 Å². The van der Waals surface area contributed by atoms with Crippen LogP contribution in [0.1, 0.15) is 37.7 Å². The summed E-state index contributed by atoms with van der Waals surface area (Å²) in [6, 6.07) is 8.15. The third kappa shape index (κ3) is 3.40. The average Bonchev–Trinajstić information content (AvgIpc) is 2.95. The Bertz CT molecular complexity index is 540. The van der Waals surface area contributed by atoms with Crippen LogP contribution in [0.4, 0.5) is 0 Å². The Hall–Kier alpha value is -1.79. The van der Waals surface area contributed by atoms with Gasteiger partial charge in [-0.2, -0.15) is 4.68 Å². The van der Waals surface area contributed by atoms with Crippen LogP contribution in [0.25, 0.3) is 5.69 Å². The fourth-order valence-corrected chi connectivity index (χ4v) is 2.04. The summed E-state index contributed by atoms with van der Waals surface area (Å²) in [5.74, 6) is 0.813. The molecule has 0 saturated carbocycles. The van der Waals surface area contributed by atoms with Gasteiger partial charge in [0.1, 0.15) is 0 Å². The number of methoxy groups -OCH3 is 1. The molecule has 108 valence electrons. The zero-order chi connectivity index (χ0) is 14.4. The number of benzene rings is 1. The molecule has 0 aliphatic rings. The van der Waals surface area contributed by atoms with Gasteiger partial charge in [-0.15, -0.1) is 5.10 Å². The standard InChI is InChI=1S/C14H21N5O/c1-4-8-15-11(2)14-16-17-18-19(14)13-7-5-6-12(9-13)10-20-3/h5-7,9,11,15H,4,8,10H2,1-3H3. The molecule has 1 N–H and O–H groups in total. The molecule has 0 amide bonds. The maximum absolute atomic E-state index is 5.16. The molecule has 0 fully saturated rings. The molecule has 0 saturated heterocycles. The van der Waals surface area contributed by atoms with Crippen LogP contribution in [0.5, 0.6) is 0 Å². The molecule has 1 aromatic carbocycles. The van der Waals surface area contributed by atoms with Gasteiger partial charge in [0.15, 0.2) is 5.82 Å². The predicted octanol–water partition coefficient (Wildman–Crippen LogP) is 1.87. The van der Waals surface area contributed by atoms with E-state index in [4.69, 9.17) is 4.74 Å². The molecule has 1 atom stereocenters. The molecule has 20 heavy (non-hydrogen) atoms. The van der Waals surface area contributed by atoms with Crippen molar-refractivity contribution in [2.75, 3.05) is 13.7 Å². The summed E-state index contributed by atoms with van der Waals surface area (Å²) in [6.07, 6.45) is 1.08. The van der Waals surface area contributed by atoms with Gasteiger partial charge in [0.25, 0.3) is 0 Å². The van der Waals surface area contributed by atoms with E-state index in [1.807, 2.05) is 24.3 Å². The van der Waals surface area contributed by atoms with E-state index in [0.717, 1.165) is 30.0 Å². The van der Waals surface area contributed by atoms with Crippen LogP contribution in [-0.2, 0) is 11.3 Å². The minimum absolute atomic E-state index is 0.107. The monoisotopic (exact) mass is 275 g/mol. The number of nitrogens with one attached hydrogen (secondary N) is 1. The molecule has 0 aliphatic carbocycles. The maximum Gasteiger partial charge on any atom is 0.173 e. The molecule has 6 heteroatoms.